The van der Waals surface area contributed by atoms with E-state index >= 15 is 0 Å². The molecule has 0 radical (unpaired) electrons. The van der Waals surface area contributed by atoms with Gasteiger partial charge in [0.1, 0.15) is 0 Å². The minimum Gasteiger partial charge on any atom is -0.0990 e. The lowest BCUT2D eigenvalue weighted by atomic mass is 9.44. The molecule has 0 nitrogen and oxygen atoms in total. The average Bonchev–Trinajstić information content (AvgIpc) is 1.95. The molecule has 0 aromatic heterocycles. The summed E-state index contributed by atoms with van der Waals surface area (Å²) in [6.07, 6.45) is 0. The SMILES string of the molecule is C=C1C(C)C2C(C)C(=C)C12. The second-order valence-corrected chi connectivity index (χ2v) is 3.78. The van der Waals surface area contributed by atoms with Crippen molar-refractivity contribution in [1.29, 1.82) is 0 Å². The van der Waals surface area contributed by atoms with Gasteiger partial charge in [-0.25, -0.2) is 0 Å². The van der Waals surface area contributed by atoms with E-state index in [-0.39, 0.29) is 0 Å². The molecule has 0 aromatic carbocycles. The van der Waals surface area contributed by atoms with Crippen molar-refractivity contribution in [3.63, 3.8) is 0 Å². The summed E-state index contributed by atoms with van der Waals surface area (Å²) in [6.45, 7) is 12.7. The van der Waals surface area contributed by atoms with Crippen molar-refractivity contribution in [2.75, 3.05) is 0 Å². The Labute approximate surface area is 62.6 Å². The number of allylic oxidation sites excluding steroid dienone is 2. The van der Waals surface area contributed by atoms with Gasteiger partial charge in [0.15, 0.2) is 0 Å². The lowest BCUT2D eigenvalue weighted by molar-refractivity contribution is 0.0751. The van der Waals surface area contributed by atoms with E-state index in [0.717, 1.165) is 17.8 Å². The van der Waals surface area contributed by atoms with Crippen molar-refractivity contribution in [3.8, 4) is 0 Å². The minimum atomic E-state index is 0.713. The smallest absolute Gasteiger partial charge is 0.00466 e. The van der Waals surface area contributed by atoms with Crippen molar-refractivity contribution in [2.24, 2.45) is 23.7 Å². The summed E-state index contributed by atoms with van der Waals surface area (Å²) in [5.74, 6) is 3.15. The maximum atomic E-state index is 4.05. The maximum Gasteiger partial charge on any atom is 0.00466 e. The second kappa shape index (κ2) is 1.55. The first-order valence-electron chi connectivity index (χ1n) is 4.02. The molecule has 2 aliphatic rings. The Kier molecular flexibility index (Phi) is 0.964. The summed E-state index contributed by atoms with van der Waals surface area (Å²) in [5.41, 5.74) is 2.85. The topological polar surface area (TPSA) is 0 Å². The lowest BCUT2D eigenvalue weighted by Crippen LogP contribution is -2.52. The third kappa shape index (κ3) is 0.416. The molecule has 0 heterocycles. The molecule has 0 amide bonds. The van der Waals surface area contributed by atoms with Crippen molar-refractivity contribution in [2.45, 2.75) is 13.8 Å². The first kappa shape index (κ1) is 6.21. The van der Waals surface area contributed by atoms with Crippen LogP contribution in [0, 0.1) is 23.7 Å². The zero-order valence-electron chi connectivity index (χ0n) is 6.72. The summed E-state index contributed by atoms with van der Waals surface area (Å²) in [6, 6.07) is 0. The van der Waals surface area contributed by atoms with Crippen molar-refractivity contribution in [1.82, 2.24) is 0 Å². The molecular weight excluding hydrogens is 120 g/mol. The summed E-state index contributed by atoms with van der Waals surface area (Å²) < 4.78 is 0. The van der Waals surface area contributed by atoms with Gasteiger partial charge in [0.2, 0.25) is 0 Å². The molecule has 0 saturated heterocycles. The summed E-state index contributed by atoms with van der Waals surface area (Å²) >= 11 is 0. The van der Waals surface area contributed by atoms with Gasteiger partial charge in [0.05, 0.1) is 0 Å². The van der Waals surface area contributed by atoms with Gasteiger partial charge in [-0.2, -0.15) is 0 Å². The van der Waals surface area contributed by atoms with Crippen LogP contribution in [0.5, 0.6) is 0 Å². The van der Waals surface area contributed by atoms with E-state index in [9.17, 15) is 0 Å². The highest BCUT2D eigenvalue weighted by Crippen LogP contribution is 2.62. The Morgan fingerprint density at radius 1 is 1.00 bits per heavy atom. The molecule has 0 bridgehead atoms. The van der Waals surface area contributed by atoms with Gasteiger partial charge in [0.25, 0.3) is 0 Å². The van der Waals surface area contributed by atoms with Crippen LogP contribution >= 0.6 is 0 Å². The van der Waals surface area contributed by atoms with E-state index in [2.05, 4.69) is 27.0 Å². The fourth-order valence-electron chi connectivity index (χ4n) is 2.57. The van der Waals surface area contributed by atoms with Gasteiger partial charge in [-0.1, -0.05) is 38.2 Å². The van der Waals surface area contributed by atoms with Crippen LogP contribution in [0.2, 0.25) is 0 Å². The van der Waals surface area contributed by atoms with Crippen molar-refractivity contribution < 1.29 is 0 Å². The molecule has 2 aliphatic carbocycles. The highest BCUT2D eigenvalue weighted by Gasteiger charge is 2.55. The molecule has 2 fully saturated rings. The van der Waals surface area contributed by atoms with Gasteiger partial charge in [-0.3, -0.25) is 0 Å². The fraction of sp³-hybridized carbons (Fsp3) is 0.600. The van der Waals surface area contributed by atoms with E-state index in [1.54, 1.807) is 0 Å². The first-order chi connectivity index (χ1) is 4.64. The summed E-state index contributed by atoms with van der Waals surface area (Å²) in [7, 11) is 0. The standard InChI is InChI=1S/C10H14/c1-5-6(2)10-8(4)7(3)9(5)10/h6,8-10H,1,3H2,2,4H3. The zero-order chi connectivity index (χ0) is 7.46. The van der Waals surface area contributed by atoms with Crippen LogP contribution in [-0.4, -0.2) is 0 Å². The number of fused-ring (bicyclic) bond motifs is 1. The van der Waals surface area contributed by atoms with Crippen LogP contribution in [0.25, 0.3) is 0 Å². The molecule has 0 heteroatoms. The molecule has 0 aliphatic heterocycles. The maximum absolute atomic E-state index is 4.05. The molecule has 0 aromatic rings. The van der Waals surface area contributed by atoms with E-state index in [1.165, 1.54) is 11.1 Å². The van der Waals surface area contributed by atoms with E-state index < -0.39 is 0 Å². The Bertz CT molecular complexity index is 190. The van der Waals surface area contributed by atoms with Crippen LogP contribution in [0.3, 0.4) is 0 Å². The van der Waals surface area contributed by atoms with E-state index in [1.807, 2.05) is 0 Å². The van der Waals surface area contributed by atoms with E-state index in [4.69, 9.17) is 0 Å². The molecule has 0 spiro atoms. The van der Waals surface area contributed by atoms with E-state index in [0.29, 0.717) is 5.92 Å². The molecular formula is C10H14. The van der Waals surface area contributed by atoms with Gasteiger partial charge < -0.3 is 0 Å². The summed E-state index contributed by atoms with van der Waals surface area (Å²) in [4.78, 5) is 0. The predicted molar refractivity (Wildman–Crippen MR) is 43.6 cm³/mol. The Morgan fingerprint density at radius 2 is 1.40 bits per heavy atom. The summed E-state index contributed by atoms with van der Waals surface area (Å²) in [5, 5.41) is 0. The third-order valence-electron chi connectivity index (χ3n) is 3.51. The van der Waals surface area contributed by atoms with Gasteiger partial charge in [0, 0.05) is 5.92 Å². The van der Waals surface area contributed by atoms with Gasteiger partial charge in [-0.05, 0) is 17.8 Å². The molecule has 54 valence electrons. The highest BCUT2D eigenvalue weighted by atomic mass is 14.6. The second-order valence-electron chi connectivity index (χ2n) is 3.78. The number of hydrogen-bond donors (Lipinski definition) is 0. The molecule has 0 N–H and O–H groups in total. The molecule has 10 heavy (non-hydrogen) atoms. The molecule has 2 saturated carbocycles. The van der Waals surface area contributed by atoms with Crippen LogP contribution in [-0.2, 0) is 0 Å². The Morgan fingerprint density at radius 3 is 1.70 bits per heavy atom. The van der Waals surface area contributed by atoms with Crippen LogP contribution < -0.4 is 0 Å². The number of hydrogen-bond acceptors (Lipinski definition) is 0. The zero-order valence-corrected chi connectivity index (χ0v) is 6.72. The third-order valence-corrected chi connectivity index (χ3v) is 3.51. The number of rotatable bonds is 0. The predicted octanol–water partition coefficient (Wildman–Crippen LogP) is 2.63. The normalized spacial score (nSPS) is 51.4. The lowest BCUT2D eigenvalue weighted by Gasteiger charge is -2.60. The highest BCUT2D eigenvalue weighted by molar-refractivity contribution is 5.40. The molecule has 2 atom stereocenters. The molecule has 2 rings (SSSR count). The van der Waals surface area contributed by atoms with Crippen LogP contribution in [0.15, 0.2) is 24.3 Å². The van der Waals surface area contributed by atoms with Crippen molar-refractivity contribution in [3.05, 3.63) is 24.3 Å². The minimum absolute atomic E-state index is 0.713. The first-order valence-corrected chi connectivity index (χ1v) is 4.02. The quantitative estimate of drug-likeness (QED) is 0.447. The van der Waals surface area contributed by atoms with Gasteiger partial charge in [-0.15, -0.1) is 0 Å². The van der Waals surface area contributed by atoms with Gasteiger partial charge >= 0.3 is 0 Å². The Balaban J connectivity index is 2.21. The fourth-order valence-corrected chi connectivity index (χ4v) is 2.57. The monoisotopic (exact) mass is 134 g/mol. The average molecular weight is 134 g/mol. The largest absolute Gasteiger partial charge is 0.0990 e. The van der Waals surface area contributed by atoms with Crippen molar-refractivity contribution >= 4 is 0 Å². The van der Waals surface area contributed by atoms with Crippen LogP contribution in [0.4, 0.5) is 0 Å². The molecule has 2 unspecified atom stereocenters. The van der Waals surface area contributed by atoms with Crippen LogP contribution in [0.1, 0.15) is 13.8 Å². The Hall–Kier alpha value is -0.520.